The molecule has 0 spiro atoms. The van der Waals surface area contributed by atoms with Gasteiger partial charge in [0.2, 0.25) is 0 Å². The summed E-state index contributed by atoms with van der Waals surface area (Å²) in [4.78, 5) is 0. The predicted molar refractivity (Wildman–Crippen MR) is 189 cm³/mol. The van der Waals surface area contributed by atoms with E-state index in [1.165, 1.54) is 180 Å². The molecule has 4 aliphatic carbocycles. The van der Waals surface area contributed by atoms with Crippen molar-refractivity contribution in [3.05, 3.63) is 23.3 Å². The smallest absolute Gasteiger partial charge is 0.0469 e. The number of hydrogen-bond acceptors (Lipinski definition) is 1. The molecule has 0 bridgehead atoms. The first-order valence-corrected chi connectivity index (χ1v) is 20.1. The van der Waals surface area contributed by atoms with Crippen LogP contribution in [-0.4, -0.2) is 13.2 Å². The summed E-state index contributed by atoms with van der Waals surface area (Å²) >= 11 is 0. The molecule has 2 fully saturated rings. The molecule has 43 heavy (non-hydrogen) atoms. The molecule has 0 saturated heterocycles. The minimum Gasteiger partial charge on any atom is -0.381 e. The van der Waals surface area contributed by atoms with Crippen molar-refractivity contribution < 1.29 is 4.74 Å². The van der Waals surface area contributed by atoms with E-state index in [1.807, 2.05) is 0 Å². The molecule has 0 radical (unpaired) electrons. The predicted octanol–water partition coefficient (Wildman–Crippen LogP) is 13.6. The lowest BCUT2D eigenvalue weighted by Gasteiger charge is -2.29. The quantitative estimate of drug-likeness (QED) is 0.101. The van der Waals surface area contributed by atoms with E-state index in [0.29, 0.717) is 0 Å². The van der Waals surface area contributed by atoms with E-state index in [9.17, 15) is 0 Å². The Morgan fingerprint density at radius 2 is 0.837 bits per heavy atom. The monoisotopic (exact) mass is 595 g/mol. The van der Waals surface area contributed by atoms with Gasteiger partial charge in [0, 0.05) is 13.2 Å². The molecule has 0 heterocycles. The molecule has 0 aromatic carbocycles. The molecule has 1 heteroatoms. The highest BCUT2D eigenvalue weighted by atomic mass is 16.5. The van der Waals surface area contributed by atoms with Gasteiger partial charge in [-0.1, -0.05) is 153 Å². The van der Waals surface area contributed by atoms with E-state index < -0.39 is 0 Å². The summed E-state index contributed by atoms with van der Waals surface area (Å²) in [6.45, 7) is 6.63. The number of rotatable bonds is 20. The summed E-state index contributed by atoms with van der Waals surface area (Å²) in [6.07, 6.45) is 45.5. The highest BCUT2D eigenvalue weighted by Gasteiger charge is 2.22. The van der Waals surface area contributed by atoms with E-state index in [1.54, 1.807) is 11.1 Å². The summed E-state index contributed by atoms with van der Waals surface area (Å²) in [6, 6.07) is 0. The molecule has 248 valence electrons. The molecule has 2 saturated carbocycles. The molecule has 0 N–H and O–H groups in total. The molecule has 4 rings (SSSR count). The molecule has 2 unspecified atom stereocenters. The van der Waals surface area contributed by atoms with Crippen LogP contribution in [0.5, 0.6) is 0 Å². The second kappa shape index (κ2) is 21.3. The molecular formula is C42H74O. The highest BCUT2D eigenvalue weighted by Crippen LogP contribution is 2.37. The van der Waals surface area contributed by atoms with E-state index in [4.69, 9.17) is 4.74 Å². The molecule has 0 aromatic heterocycles. The van der Waals surface area contributed by atoms with Crippen molar-refractivity contribution >= 4 is 0 Å². The van der Waals surface area contributed by atoms with Crippen molar-refractivity contribution in [3.63, 3.8) is 0 Å². The maximum Gasteiger partial charge on any atom is 0.0469 e. The zero-order chi connectivity index (χ0) is 30.0. The first kappa shape index (κ1) is 35.3. The molecule has 0 aliphatic heterocycles. The van der Waals surface area contributed by atoms with Gasteiger partial charge in [0.25, 0.3) is 0 Å². The van der Waals surface area contributed by atoms with Gasteiger partial charge in [-0.25, -0.2) is 0 Å². The Morgan fingerprint density at radius 1 is 0.465 bits per heavy atom. The molecule has 1 nitrogen and oxygen atoms in total. The van der Waals surface area contributed by atoms with Crippen molar-refractivity contribution in [1.29, 1.82) is 0 Å². The Bertz CT molecular complexity index is 698. The summed E-state index contributed by atoms with van der Waals surface area (Å²) in [5.41, 5.74) is 3.46. The fourth-order valence-electron chi connectivity index (χ4n) is 9.59. The van der Waals surface area contributed by atoms with Gasteiger partial charge < -0.3 is 4.74 Å². The zero-order valence-electron chi connectivity index (χ0n) is 29.2. The van der Waals surface area contributed by atoms with Crippen LogP contribution in [-0.2, 0) is 4.74 Å². The van der Waals surface area contributed by atoms with E-state index in [2.05, 4.69) is 26.0 Å². The Balaban J connectivity index is 0.928. The lowest BCUT2D eigenvalue weighted by Crippen LogP contribution is -2.15. The van der Waals surface area contributed by atoms with Gasteiger partial charge in [-0.3, -0.25) is 0 Å². The van der Waals surface area contributed by atoms with Crippen LogP contribution in [0.3, 0.4) is 0 Å². The maximum atomic E-state index is 6.07. The van der Waals surface area contributed by atoms with Crippen molar-refractivity contribution in [2.75, 3.05) is 13.2 Å². The van der Waals surface area contributed by atoms with Gasteiger partial charge in [-0.2, -0.15) is 0 Å². The van der Waals surface area contributed by atoms with Crippen LogP contribution >= 0.6 is 0 Å². The lowest BCUT2D eigenvalue weighted by atomic mass is 9.77. The van der Waals surface area contributed by atoms with Crippen LogP contribution in [0.2, 0.25) is 0 Å². The third-order valence-corrected chi connectivity index (χ3v) is 12.6. The fourth-order valence-corrected chi connectivity index (χ4v) is 9.59. The van der Waals surface area contributed by atoms with E-state index >= 15 is 0 Å². The largest absolute Gasteiger partial charge is 0.381 e. The third kappa shape index (κ3) is 14.2. The fraction of sp³-hybridized carbons (Fsp3) is 0.905. The van der Waals surface area contributed by atoms with Crippen LogP contribution in [0, 0.1) is 35.5 Å². The Hall–Kier alpha value is -0.560. The van der Waals surface area contributed by atoms with Crippen LogP contribution in [0.15, 0.2) is 23.3 Å². The first-order valence-electron chi connectivity index (χ1n) is 20.1. The average Bonchev–Trinajstić information content (AvgIpc) is 3.04. The third-order valence-electron chi connectivity index (χ3n) is 12.6. The van der Waals surface area contributed by atoms with Crippen molar-refractivity contribution in [3.8, 4) is 0 Å². The van der Waals surface area contributed by atoms with Gasteiger partial charge in [-0.05, 0) is 99.7 Å². The van der Waals surface area contributed by atoms with Crippen molar-refractivity contribution in [2.24, 2.45) is 35.5 Å². The van der Waals surface area contributed by atoms with Crippen molar-refractivity contribution in [2.45, 2.75) is 194 Å². The summed E-state index contributed by atoms with van der Waals surface area (Å²) < 4.78 is 6.07. The summed E-state index contributed by atoms with van der Waals surface area (Å²) in [5, 5.41) is 0. The van der Waals surface area contributed by atoms with Gasteiger partial charge in [0.05, 0.1) is 0 Å². The minimum absolute atomic E-state index is 0.961. The van der Waals surface area contributed by atoms with E-state index in [-0.39, 0.29) is 0 Å². The van der Waals surface area contributed by atoms with Gasteiger partial charge >= 0.3 is 0 Å². The Labute approximate surface area is 269 Å². The Kier molecular flexibility index (Phi) is 17.5. The lowest BCUT2D eigenvalue weighted by molar-refractivity contribution is 0.129. The molecular weight excluding hydrogens is 520 g/mol. The van der Waals surface area contributed by atoms with E-state index in [0.717, 1.165) is 48.7 Å². The minimum atomic E-state index is 0.961. The van der Waals surface area contributed by atoms with Gasteiger partial charge in [0.15, 0.2) is 0 Å². The van der Waals surface area contributed by atoms with Crippen LogP contribution in [0.25, 0.3) is 0 Å². The number of ether oxygens (including phenoxy) is 1. The average molecular weight is 595 g/mol. The Morgan fingerprint density at radius 3 is 1.19 bits per heavy atom. The molecule has 0 amide bonds. The highest BCUT2D eigenvalue weighted by molar-refractivity contribution is 5.07. The topological polar surface area (TPSA) is 9.23 Å². The standard InChI is InChI=1S/C42H74O/c1-3-9-35-17-21-37(22-18-35)11-5-13-39-25-29-41(30-26-39)15-7-33-43-34-8-16-42-31-27-40(28-32-42)14-6-12-38-23-19-36(10-4-2)20-24-38/h29,31,35-40H,3-28,30,32-34H2,1-2H3. The van der Waals surface area contributed by atoms with Crippen LogP contribution < -0.4 is 0 Å². The molecule has 0 aromatic rings. The van der Waals surface area contributed by atoms with Crippen LogP contribution in [0.4, 0.5) is 0 Å². The molecule has 2 atom stereocenters. The second-order valence-corrected chi connectivity index (χ2v) is 16.0. The second-order valence-electron chi connectivity index (χ2n) is 16.0. The van der Waals surface area contributed by atoms with Crippen LogP contribution in [0.1, 0.15) is 194 Å². The zero-order valence-corrected chi connectivity index (χ0v) is 29.2. The summed E-state index contributed by atoms with van der Waals surface area (Å²) in [5.74, 6) is 6.18. The maximum absolute atomic E-state index is 6.07. The normalized spacial score (nSPS) is 30.2. The number of hydrogen-bond donors (Lipinski definition) is 0. The SMILES string of the molecule is CCCC1CCC(CCCC2CC=C(CCCOCCCC3=CCC(CCCC4CCC(CCC)CC4)CC3)CC2)CC1. The summed E-state index contributed by atoms with van der Waals surface area (Å²) in [7, 11) is 0. The number of allylic oxidation sites excluding steroid dienone is 4. The van der Waals surface area contributed by atoms with Gasteiger partial charge in [-0.15, -0.1) is 0 Å². The van der Waals surface area contributed by atoms with Crippen molar-refractivity contribution in [1.82, 2.24) is 0 Å². The van der Waals surface area contributed by atoms with Gasteiger partial charge in [0.1, 0.15) is 0 Å². The first-order chi connectivity index (χ1) is 21.2. The molecule has 4 aliphatic rings.